The zero-order chi connectivity index (χ0) is 21.1. The van der Waals surface area contributed by atoms with Crippen LogP contribution in [0.2, 0.25) is 0 Å². The molecule has 1 aliphatic heterocycles. The van der Waals surface area contributed by atoms with Crippen LogP contribution in [0.4, 0.5) is 5.69 Å². The van der Waals surface area contributed by atoms with Crippen molar-refractivity contribution in [3.8, 4) is 5.69 Å². The van der Waals surface area contributed by atoms with Gasteiger partial charge in [0.15, 0.2) is 5.11 Å². The molecular formula is C23H27N5OS. The van der Waals surface area contributed by atoms with Crippen molar-refractivity contribution in [1.82, 2.24) is 19.8 Å². The average molecular weight is 422 g/mol. The number of ether oxygens (including phenoxy) is 1. The van der Waals surface area contributed by atoms with E-state index < -0.39 is 0 Å². The van der Waals surface area contributed by atoms with Crippen LogP contribution in [0, 0.1) is 0 Å². The molecule has 0 bridgehead atoms. The van der Waals surface area contributed by atoms with Crippen molar-refractivity contribution < 1.29 is 4.74 Å². The molecule has 0 radical (unpaired) electrons. The zero-order valence-corrected chi connectivity index (χ0v) is 18.3. The highest BCUT2D eigenvalue weighted by Gasteiger charge is 2.41. The molecule has 3 aromatic rings. The quantitative estimate of drug-likeness (QED) is 0.589. The molecule has 7 heteroatoms. The number of nitrogens with zero attached hydrogens (tertiary/aromatic N) is 4. The molecule has 0 amide bonds. The third kappa shape index (κ3) is 3.91. The minimum atomic E-state index is -0.0368. The molecular weight excluding hydrogens is 394 g/mol. The van der Waals surface area contributed by atoms with Crippen LogP contribution in [0.5, 0.6) is 0 Å². The summed E-state index contributed by atoms with van der Waals surface area (Å²) >= 11 is 5.70. The molecule has 1 aromatic carbocycles. The van der Waals surface area contributed by atoms with Gasteiger partial charge in [-0.25, -0.2) is 0 Å². The Morgan fingerprint density at radius 1 is 1.10 bits per heavy atom. The Morgan fingerprint density at radius 3 is 2.57 bits per heavy atom. The Hall–Kier alpha value is -2.90. The minimum Gasteiger partial charge on any atom is -0.383 e. The maximum Gasteiger partial charge on any atom is 0.170 e. The third-order valence-corrected chi connectivity index (χ3v) is 5.81. The normalized spacial score (nSPS) is 18.5. The molecule has 4 rings (SSSR count). The van der Waals surface area contributed by atoms with E-state index in [1.54, 1.807) is 7.11 Å². The van der Waals surface area contributed by atoms with Crippen molar-refractivity contribution in [2.45, 2.75) is 12.1 Å². The first-order valence-electron chi connectivity index (χ1n) is 10.0. The molecule has 1 saturated heterocycles. The predicted molar refractivity (Wildman–Crippen MR) is 124 cm³/mol. The van der Waals surface area contributed by atoms with Crippen molar-refractivity contribution in [2.24, 2.45) is 0 Å². The van der Waals surface area contributed by atoms with E-state index in [0.717, 1.165) is 22.2 Å². The van der Waals surface area contributed by atoms with Gasteiger partial charge in [0, 0.05) is 57.2 Å². The van der Waals surface area contributed by atoms with Gasteiger partial charge in [0.1, 0.15) is 0 Å². The van der Waals surface area contributed by atoms with Gasteiger partial charge in [-0.2, -0.15) is 0 Å². The number of hydrogen-bond donors (Lipinski definition) is 1. The highest BCUT2D eigenvalue weighted by atomic mass is 32.1. The summed E-state index contributed by atoms with van der Waals surface area (Å²) in [6.45, 7) is 1.31. The summed E-state index contributed by atoms with van der Waals surface area (Å²) in [6.07, 6.45) is 3.93. The number of benzene rings is 1. The van der Waals surface area contributed by atoms with E-state index >= 15 is 0 Å². The number of methoxy groups -OCH3 is 1. The topological polar surface area (TPSA) is 45.6 Å². The molecule has 1 aliphatic rings. The van der Waals surface area contributed by atoms with Crippen LogP contribution >= 0.6 is 12.2 Å². The first-order chi connectivity index (χ1) is 14.6. The predicted octanol–water partition coefficient (Wildman–Crippen LogP) is 3.56. The number of anilines is 1. The van der Waals surface area contributed by atoms with Crippen molar-refractivity contribution in [3.63, 3.8) is 0 Å². The van der Waals surface area contributed by atoms with Crippen molar-refractivity contribution >= 4 is 23.0 Å². The maximum absolute atomic E-state index is 5.70. The molecule has 6 nitrogen and oxygen atoms in total. The highest BCUT2D eigenvalue weighted by Crippen LogP contribution is 2.39. The van der Waals surface area contributed by atoms with E-state index in [-0.39, 0.29) is 12.1 Å². The van der Waals surface area contributed by atoms with Gasteiger partial charge < -0.3 is 24.4 Å². The highest BCUT2D eigenvalue weighted by molar-refractivity contribution is 7.80. The second-order valence-electron chi connectivity index (χ2n) is 7.53. The average Bonchev–Trinajstić information content (AvgIpc) is 3.37. The van der Waals surface area contributed by atoms with E-state index in [1.807, 2.05) is 38.5 Å². The van der Waals surface area contributed by atoms with Gasteiger partial charge >= 0.3 is 0 Å². The number of pyridine rings is 1. The van der Waals surface area contributed by atoms with Crippen molar-refractivity contribution in [3.05, 3.63) is 78.4 Å². The molecule has 1 fully saturated rings. The summed E-state index contributed by atoms with van der Waals surface area (Å²) in [6, 6.07) is 18.8. The molecule has 2 aromatic heterocycles. The zero-order valence-electron chi connectivity index (χ0n) is 17.5. The number of hydrogen-bond acceptors (Lipinski definition) is 4. The molecule has 30 heavy (non-hydrogen) atoms. The van der Waals surface area contributed by atoms with Crippen LogP contribution in [0.3, 0.4) is 0 Å². The second kappa shape index (κ2) is 8.85. The summed E-state index contributed by atoms with van der Waals surface area (Å²) in [5.74, 6) is 0. The van der Waals surface area contributed by atoms with E-state index in [0.29, 0.717) is 13.2 Å². The Labute approximate surface area is 183 Å². The van der Waals surface area contributed by atoms with Crippen LogP contribution < -0.4 is 10.2 Å². The molecule has 2 unspecified atom stereocenters. The van der Waals surface area contributed by atoms with Crippen molar-refractivity contribution in [2.75, 3.05) is 39.3 Å². The van der Waals surface area contributed by atoms with Gasteiger partial charge in [-0.3, -0.25) is 4.98 Å². The Morgan fingerprint density at radius 2 is 1.90 bits per heavy atom. The first-order valence-corrected chi connectivity index (χ1v) is 10.4. The molecule has 0 aliphatic carbocycles. The van der Waals surface area contributed by atoms with Crippen LogP contribution in [0.25, 0.3) is 5.69 Å². The summed E-state index contributed by atoms with van der Waals surface area (Å²) in [4.78, 5) is 8.92. The number of thiocarbonyl (C=S) groups is 1. The fourth-order valence-electron chi connectivity index (χ4n) is 3.94. The van der Waals surface area contributed by atoms with Gasteiger partial charge in [-0.1, -0.05) is 6.07 Å². The monoisotopic (exact) mass is 421 g/mol. The summed E-state index contributed by atoms with van der Waals surface area (Å²) in [7, 11) is 5.81. The number of nitrogens with one attached hydrogen (secondary N) is 1. The van der Waals surface area contributed by atoms with Crippen molar-refractivity contribution in [1.29, 1.82) is 0 Å². The Bertz CT molecular complexity index is 986. The largest absolute Gasteiger partial charge is 0.383 e. The van der Waals surface area contributed by atoms with E-state index in [9.17, 15) is 0 Å². The Kier molecular flexibility index (Phi) is 6.01. The van der Waals surface area contributed by atoms with Gasteiger partial charge in [-0.05, 0) is 60.7 Å². The smallest absolute Gasteiger partial charge is 0.170 e. The lowest BCUT2D eigenvalue weighted by Crippen LogP contribution is -2.33. The lowest BCUT2D eigenvalue weighted by Gasteiger charge is -2.28. The molecule has 0 saturated carbocycles. The molecule has 156 valence electrons. The lowest BCUT2D eigenvalue weighted by molar-refractivity contribution is 0.163. The second-order valence-corrected chi connectivity index (χ2v) is 7.91. The van der Waals surface area contributed by atoms with Crippen LogP contribution in [0.15, 0.2) is 67.0 Å². The first kappa shape index (κ1) is 20.4. The van der Waals surface area contributed by atoms with Gasteiger partial charge in [0.2, 0.25) is 0 Å². The van der Waals surface area contributed by atoms with Crippen LogP contribution in [-0.2, 0) is 4.74 Å². The number of aromatic nitrogens is 2. The summed E-state index contributed by atoms with van der Waals surface area (Å²) < 4.78 is 7.58. The molecule has 2 atom stereocenters. The van der Waals surface area contributed by atoms with Crippen LogP contribution in [-0.4, -0.2) is 53.9 Å². The molecule has 3 heterocycles. The third-order valence-electron chi connectivity index (χ3n) is 5.46. The summed E-state index contributed by atoms with van der Waals surface area (Å²) in [5, 5.41) is 4.21. The Balaban J connectivity index is 1.75. The van der Waals surface area contributed by atoms with Gasteiger partial charge in [-0.15, -0.1) is 0 Å². The molecule has 0 spiro atoms. The van der Waals surface area contributed by atoms with E-state index in [4.69, 9.17) is 17.0 Å². The minimum absolute atomic E-state index is 0.00563. The molecule has 1 N–H and O–H groups in total. The fraction of sp³-hybridized carbons (Fsp3) is 0.304. The SMILES string of the molecule is COCCN1C(=S)NC(c2ccccn2)C1c1cccn1-c1ccc(N(C)C)cc1. The van der Waals surface area contributed by atoms with Crippen LogP contribution in [0.1, 0.15) is 23.5 Å². The number of rotatable bonds is 7. The van der Waals surface area contributed by atoms with E-state index in [2.05, 4.69) is 67.3 Å². The van der Waals surface area contributed by atoms with Gasteiger partial charge in [0.25, 0.3) is 0 Å². The standard InChI is InChI=1S/C23H27N5OS/c1-26(2)17-9-11-18(12-10-17)27-14-6-8-20(27)22-21(19-7-4-5-13-24-19)25-23(30)28(22)15-16-29-3/h4-14,21-22H,15-16H2,1-3H3,(H,25,30). The fourth-order valence-corrected chi connectivity index (χ4v) is 4.27. The van der Waals surface area contributed by atoms with Gasteiger partial charge in [0.05, 0.1) is 24.4 Å². The summed E-state index contributed by atoms with van der Waals surface area (Å²) in [5.41, 5.74) is 4.42. The maximum atomic E-state index is 5.70. The lowest BCUT2D eigenvalue weighted by atomic mass is 10.0. The van der Waals surface area contributed by atoms with E-state index in [1.165, 1.54) is 5.69 Å².